The Kier molecular flexibility index (Phi) is 6.84. The summed E-state index contributed by atoms with van der Waals surface area (Å²) in [5, 5.41) is 5.92. The summed E-state index contributed by atoms with van der Waals surface area (Å²) in [5.41, 5.74) is 5.36. The minimum atomic E-state index is -0.139. The van der Waals surface area contributed by atoms with Crippen LogP contribution in [0.3, 0.4) is 0 Å². The van der Waals surface area contributed by atoms with Gasteiger partial charge in [0.05, 0.1) is 26.5 Å². The Morgan fingerprint density at radius 3 is 2.67 bits per heavy atom. The van der Waals surface area contributed by atoms with Crippen LogP contribution in [0.25, 0.3) is 27.7 Å². The predicted molar refractivity (Wildman–Crippen MR) is 134 cm³/mol. The van der Waals surface area contributed by atoms with Crippen molar-refractivity contribution >= 4 is 33.8 Å². The Hall–Kier alpha value is -3.51. The number of carbonyl (C=O) groups excluding carboxylic acids is 1. The minimum absolute atomic E-state index is 0.139. The number of methoxy groups -OCH3 is 1. The Labute approximate surface area is 197 Å². The molecule has 0 saturated heterocycles. The molecule has 0 radical (unpaired) electrons. The van der Waals surface area contributed by atoms with Crippen molar-refractivity contribution in [1.29, 1.82) is 0 Å². The fourth-order valence-corrected chi connectivity index (χ4v) is 4.55. The first-order valence-corrected chi connectivity index (χ1v) is 11.7. The van der Waals surface area contributed by atoms with Gasteiger partial charge in [-0.15, -0.1) is 11.3 Å². The van der Waals surface area contributed by atoms with Crippen LogP contribution in [0.5, 0.6) is 11.5 Å². The van der Waals surface area contributed by atoms with Gasteiger partial charge in [0, 0.05) is 33.0 Å². The summed E-state index contributed by atoms with van der Waals surface area (Å²) in [4.78, 5) is 13.7. The molecule has 0 aliphatic heterocycles. The largest absolute Gasteiger partial charge is 0.496 e. The van der Waals surface area contributed by atoms with E-state index in [0.717, 1.165) is 49.4 Å². The summed E-state index contributed by atoms with van der Waals surface area (Å²) in [6.07, 6.45) is 3.39. The lowest BCUT2D eigenvalue weighted by atomic mass is 9.96. The number of thiophene rings is 1. The third-order valence-electron chi connectivity index (χ3n) is 5.51. The second kappa shape index (κ2) is 9.96. The molecule has 33 heavy (non-hydrogen) atoms. The quantitative estimate of drug-likeness (QED) is 0.301. The van der Waals surface area contributed by atoms with E-state index in [2.05, 4.69) is 5.32 Å². The minimum Gasteiger partial charge on any atom is -0.496 e. The predicted octanol–water partition coefficient (Wildman–Crippen LogP) is 6.60. The number of hydrogen-bond acceptors (Lipinski definition) is 5. The lowest BCUT2D eigenvalue weighted by Gasteiger charge is -2.13. The summed E-state index contributed by atoms with van der Waals surface area (Å²) >= 11 is 1.62. The highest BCUT2D eigenvalue weighted by Gasteiger charge is 2.19. The van der Waals surface area contributed by atoms with Crippen molar-refractivity contribution in [3.05, 3.63) is 76.2 Å². The molecule has 4 rings (SSSR count). The molecule has 0 unspecified atom stereocenters. The number of furan rings is 1. The van der Waals surface area contributed by atoms with Crippen LogP contribution in [0.2, 0.25) is 0 Å². The molecule has 0 spiro atoms. The van der Waals surface area contributed by atoms with E-state index in [4.69, 9.17) is 13.9 Å². The standard InChI is InChI=1S/C27H27NO4S/c1-5-31-20-10-8-19(9-11-20)24-16-32-27-18(3)26(30-4)22(14-23(24)27)17(2)13-25(29)28-15-21-7-6-12-33-21/h6-14,16H,5,15H2,1-4H3,(H,28,29)/b17-13+. The summed E-state index contributed by atoms with van der Waals surface area (Å²) in [7, 11) is 1.64. The van der Waals surface area contributed by atoms with Gasteiger partial charge in [-0.2, -0.15) is 0 Å². The molecule has 1 N–H and O–H groups in total. The third kappa shape index (κ3) is 4.81. The number of rotatable bonds is 8. The van der Waals surface area contributed by atoms with E-state index < -0.39 is 0 Å². The van der Waals surface area contributed by atoms with Gasteiger partial charge in [-0.25, -0.2) is 0 Å². The van der Waals surface area contributed by atoms with Crippen molar-refractivity contribution in [3.8, 4) is 22.6 Å². The first-order valence-electron chi connectivity index (χ1n) is 10.8. The van der Waals surface area contributed by atoms with E-state index in [1.54, 1.807) is 30.8 Å². The van der Waals surface area contributed by atoms with Gasteiger partial charge in [-0.1, -0.05) is 18.2 Å². The van der Waals surface area contributed by atoms with Crippen LogP contribution in [-0.2, 0) is 11.3 Å². The number of fused-ring (bicyclic) bond motifs is 1. The number of amides is 1. The summed E-state index contributed by atoms with van der Waals surface area (Å²) in [6, 6.07) is 14.0. The lowest BCUT2D eigenvalue weighted by Crippen LogP contribution is -2.20. The molecule has 0 saturated carbocycles. The fourth-order valence-electron chi connectivity index (χ4n) is 3.91. The van der Waals surface area contributed by atoms with E-state index in [9.17, 15) is 4.79 Å². The van der Waals surface area contributed by atoms with Crippen molar-refractivity contribution in [2.45, 2.75) is 27.3 Å². The Bertz CT molecular complexity index is 1280. The molecule has 6 heteroatoms. The van der Waals surface area contributed by atoms with Crippen LogP contribution in [0.4, 0.5) is 0 Å². The molecule has 170 valence electrons. The van der Waals surface area contributed by atoms with Gasteiger partial charge in [0.2, 0.25) is 5.91 Å². The molecule has 2 heterocycles. The fraction of sp³-hybridized carbons (Fsp3) is 0.222. The number of ether oxygens (including phenoxy) is 2. The van der Waals surface area contributed by atoms with Gasteiger partial charge < -0.3 is 19.2 Å². The number of aryl methyl sites for hydroxylation is 1. The molecular formula is C27H27NO4S. The Balaban J connectivity index is 1.69. The molecule has 1 amide bonds. The van der Waals surface area contributed by atoms with Gasteiger partial charge >= 0.3 is 0 Å². The van der Waals surface area contributed by atoms with Gasteiger partial charge in [0.15, 0.2) is 0 Å². The van der Waals surface area contributed by atoms with E-state index in [1.807, 2.05) is 68.6 Å². The van der Waals surface area contributed by atoms with Gasteiger partial charge in [0.25, 0.3) is 0 Å². The van der Waals surface area contributed by atoms with E-state index >= 15 is 0 Å². The normalized spacial score (nSPS) is 11.6. The average molecular weight is 462 g/mol. The number of hydrogen-bond donors (Lipinski definition) is 1. The van der Waals surface area contributed by atoms with Gasteiger partial charge in [-0.05, 0) is 61.6 Å². The number of allylic oxidation sites excluding steroid dienone is 1. The van der Waals surface area contributed by atoms with Crippen LogP contribution < -0.4 is 14.8 Å². The first-order chi connectivity index (χ1) is 16.0. The first kappa shape index (κ1) is 22.7. The highest BCUT2D eigenvalue weighted by atomic mass is 32.1. The van der Waals surface area contributed by atoms with Crippen LogP contribution in [0.15, 0.2) is 64.6 Å². The third-order valence-corrected chi connectivity index (χ3v) is 6.39. The zero-order chi connectivity index (χ0) is 23.4. The maximum atomic E-state index is 12.5. The van der Waals surface area contributed by atoms with Crippen molar-refractivity contribution in [1.82, 2.24) is 5.32 Å². The van der Waals surface area contributed by atoms with Crippen LogP contribution >= 0.6 is 11.3 Å². The number of carbonyl (C=O) groups is 1. The van der Waals surface area contributed by atoms with Crippen molar-refractivity contribution in [3.63, 3.8) is 0 Å². The monoisotopic (exact) mass is 461 g/mol. The van der Waals surface area contributed by atoms with Crippen molar-refractivity contribution in [2.75, 3.05) is 13.7 Å². The molecule has 2 aromatic carbocycles. The van der Waals surface area contributed by atoms with Crippen LogP contribution in [0, 0.1) is 6.92 Å². The average Bonchev–Trinajstić information content (AvgIpc) is 3.48. The molecule has 4 aromatic rings. The maximum Gasteiger partial charge on any atom is 0.244 e. The zero-order valence-corrected chi connectivity index (χ0v) is 20.0. The highest BCUT2D eigenvalue weighted by Crippen LogP contribution is 2.40. The van der Waals surface area contributed by atoms with E-state index in [-0.39, 0.29) is 5.91 Å². The topological polar surface area (TPSA) is 60.7 Å². The Morgan fingerprint density at radius 1 is 1.21 bits per heavy atom. The molecule has 0 atom stereocenters. The molecular weight excluding hydrogens is 434 g/mol. The zero-order valence-electron chi connectivity index (χ0n) is 19.2. The molecule has 0 aliphatic rings. The smallest absolute Gasteiger partial charge is 0.244 e. The summed E-state index contributed by atoms with van der Waals surface area (Å²) in [5.74, 6) is 1.40. The number of benzene rings is 2. The summed E-state index contributed by atoms with van der Waals surface area (Å²) in [6.45, 7) is 7.00. The van der Waals surface area contributed by atoms with E-state index in [1.165, 1.54) is 0 Å². The molecule has 2 aromatic heterocycles. The van der Waals surface area contributed by atoms with Crippen molar-refractivity contribution in [2.24, 2.45) is 0 Å². The maximum absolute atomic E-state index is 12.5. The molecule has 5 nitrogen and oxygen atoms in total. The van der Waals surface area contributed by atoms with E-state index in [0.29, 0.717) is 18.9 Å². The van der Waals surface area contributed by atoms with Gasteiger partial charge in [-0.3, -0.25) is 4.79 Å². The second-order valence-corrected chi connectivity index (χ2v) is 8.72. The second-order valence-electron chi connectivity index (χ2n) is 7.69. The highest BCUT2D eigenvalue weighted by molar-refractivity contribution is 7.09. The van der Waals surface area contributed by atoms with Crippen LogP contribution in [-0.4, -0.2) is 19.6 Å². The summed E-state index contributed by atoms with van der Waals surface area (Å²) < 4.78 is 17.2. The molecule has 0 bridgehead atoms. The number of nitrogens with one attached hydrogen (secondary N) is 1. The SMILES string of the molecule is CCOc1ccc(-c2coc3c(C)c(OC)c(/C(C)=C/C(=O)NCc4cccs4)cc23)cc1. The molecule has 0 fully saturated rings. The Morgan fingerprint density at radius 2 is 2.00 bits per heavy atom. The van der Waals surface area contributed by atoms with Gasteiger partial charge in [0.1, 0.15) is 17.1 Å². The lowest BCUT2D eigenvalue weighted by molar-refractivity contribution is -0.116. The van der Waals surface area contributed by atoms with Crippen LogP contribution in [0.1, 0.15) is 29.9 Å². The molecule has 0 aliphatic carbocycles. The van der Waals surface area contributed by atoms with Crippen molar-refractivity contribution < 1.29 is 18.7 Å².